The van der Waals surface area contributed by atoms with E-state index in [0.717, 1.165) is 18.7 Å². The van der Waals surface area contributed by atoms with E-state index in [1.54, 1.807) is 13.1 Å². The summed E-state index contributed by atoms with van der Waals surface area (Å²) in [7, 11) is 0. The summed E-state index contributed by atoms with van der Waals surface area (Å²) in [4.78, 5) is 15.9. The highest BCUT2D eigenvalue weighted by molar-refractivity contribution is 5.72. The normalized spacial score (nSPS) is 19.4. The Hall–Kier alpha value is -1.40. The predicted octanol–water partition coefficient (Wildman–Crippen LogP) is 0.906. The number of aliphatic hydroxyl groups is 1. The van der Waals surface area contributed by atoms with Crippen molar-refractivity contribution in [2.24, 2.45) is 5.92 Å². The van der Waals surface area contributed by atoms with E-state index in [2.05, 4.69) is 4.98 Å². The SMILES string of the molecule is CCOC(=O)C(C)Cc1cnc(CO)n1C[C@@H]1CCO1. The number of aromatic nitrogens is 2. The number of nitrogens with zero attached hydrogens (tertiary/aromatic N) is 2. The van der Waals surface area contributed by atoms with Gasteiger partial charge in [0.25, 0.3) is 0 Å². The van der Waals surface area contributed by atoms with E-state index in [4.69, 9.17) is 9.47 Å². The van der Waals surface area contributed by atoms with Gasteiger partial charge in [0.1, 0.15) is 12.4 Å². The van der Waals surface area contributed by atoms with Gasteiger partial charge in [-0.25, -0.2) is 4.98 Å². The molecular formula is C14H22N2O4. The number of hydrogen-bond donors (Lipinski definition) is 1. The molecule has 112 valence electrons. The Balaban J connectivity index is 2.06. The van der Waals surface area contributed by atoms with Crippen molar-refractivity contribution >= 4 is 5.97 Å². The second-order valence-corrected chi connectivity index (χ2v) is 5.07. The number of aliphatic hydroxyl groups excluding tert-OH is 1. The summed E-state index contributed by atoms with van der Waals surface area (Å²) >= 11 is 0. The molecule has 1 saturated heterocycles. The van der Waals surface area contributed by atoms with Gasteiger partial charge in [-0.05, 0) is 13.3 Å². The highest BCUT2D eigenvalue weighted by atomic mass is 16.5. The molecule has 0 aliphatic carbocycles. The van der Waals surface area contributed by atoms with E-state index >= 15 is 0 Å². The molecule has 1 N–H and O–H groups in total. The molecule has 0 saturated carbocycles. The number of imidazole rings is 1. The first-order chi connectivity index (χ1) is 9.65. The van der Waals surface area contributed by atoms with E-state index < -0.39 is 0 Å². The molecule has 6 nitrogen and oxygen atoms in total. The molecule has 1 aromatic heterocycles. The molecule has 20 heavy (non-hydrogen) atoms. The Morgan fingerprint density at radius 3 is 3.00 bits per heavy atom. The van der Waals surface area contributed by atoms with E-state index in [1.807, 2.05) is 11.5 Å². The Kier molecular flexibility index (Phi) is 5.14. The molecule has 1 aromatic rings. The number of carbonyl (C=O) groups is 1. The molecule has 1 aliphatic rings. The minimum Gasteiger partial charge on any atom is -0.466 e. The lowest BCUT2D eigenvalue weighted by molar-refractivity contribution is -0.147. The van der Waals surface area contributed by atoms with Crippen molar-refractivity contribution in [3.05, 3.63) is 17.7 Å². The van der Waals surface area contributed by atoms with Crippen molar-refractivity contribution < 1.29 is 19.4 Å². The summed E-state index contributed by atoms with van der Waals surface area (Å²) in [5.41, 5.74) is 0.935. The maximum absolute atomic E-state index is 11.7. The zero-order chi connectivity index (χ0) is 14.5. The van der Waals surface area contributed by atoms with Crippen molar-refractivity contribution in [2.75, 3.05) is 13.2 Å². The fraction of sp³-hybridized carbons (Fsp3) is 0.714. The number of carbonyl (C=O) groups excluding carboxylic acids is 1. The van der Waals surface area contributed by atoms with Gasteiger partial charge in [-0.2, -0.15) is 0 Å². The summed E-state index contributed by atoms with van der Waals surface area (Å²) in [6.07, 6.45) is 3.49. The minimum atomic E-state index is -0.223. The second kappa shape index (κ2) is 6.85. The monoisotopic (exact) mass is 282 g/mol. The third-order valence-corrected chi connectivity index (χ3v) is 3.55. The standard InChI is InChI=1S/C14H22N2O4/c1-3-19-14(18)10(2)6-11-7-15-13(9-17)16(11)8-12-4-5-20-12/h7,10,12,17H,3-6,8-9H2,1-2H3/t10?,12-/m0/s1. The third kappa shape index (κ3) is 3.37. The van der Waals surface area contributed by atoms with Gasteiger partial charge in [0.15, 0.2) is 0 Å². The zero-order valence-electron chi connectivity index (χ0n) is 12.0. The molecule has 2 heterocycles. The highest BCUT2D eigenvalue weighted by Gasteiger charge is 2.23. The minimum absolute atomic E-state index is 0.111. The first-order valence-electron chi connectivity index (χ1n) is 7.08. The van der Waals surface area contributed by atoms with Crippen LogP contribution in [-0.4, -0.2) is 39.9 Å². The summed E-state index contributed by atoms with van der Waals surface area (Å²) in [6, 6.07) is 0. The van der Waals surface area contributed by atoms with Crippen LogP contribution < -0.4 is 0 Å². The van der Waals surface area contributed by atoms with Crippen LogP contribution in [0, 0.1) is 5.92 Å². The van der Waals surface area contributed by atoms with Crippen molar-refractivity contribution in [1.29, 1.82) is 0 Å². The summed E-state index contributed by atoms with van der Waals surface area (Å²) in [6.45, 7) is 5.39. The lowest BCUT2D eigenvalue weighted by Gasteiger charge is -2.28. The van der Waals surface area contributed by atoms with Gasteiger partial charge >= 0.3 is 5.97 Å². The van der Waals surface area contributed by atoms with Crippen molar-refractivity contribution in [3.8, 4) is 0 Å². The Bertz CT molecular complexity index is 454. The molecule has 1 aliphatic heterocycles. The fourth-order valence-corrected chi connectivity index (χ4v) is 2.28. The first kappa shape index (κ1) is 15.0. The van der Waals surface area contributed by atoms with Crippen LogP contribution in [0.1, 0.15) is 31.8 Å². The number of esters is 1. The molecule has 1 unspecified atom stereocenters. The molecule has 0 bridgehead atoms. The molecule has 1 fully saturated rings. The summed E-state index contributed by atoms with van der Waals surface area (Å²) < 4.78 is 12.4. The largest absolute Gasteiger partial charge is 0.466 e. The van der Waals surface area contributed by atoms with Crippen LogP contribution in [0.15, 0.2) is 6.20 Å². The van der Waals surface area contributed by atoms with Gasteiger partial charge in [0.2, 0.25) is 0 Å². The molecular weight excluding hydrogens is 260 g/mol. The zero-order valence-corrected chi connectivity index (χ0v) is 12.0. The first-order valence-corrected chi connectivity index (χ1v) is 7.08. The maximum atomic E-state index is 11.7. The van der Waals surface area contributed by atoms with Crippen LogP contribution in [0.3, 0.4) is 0 Å². The smallest absolute Gasteiger partial charge is 0.309 e. The molecule has 6 heteroatoms. The Morgan fingerprint density at radius 1 is 1.70 bits per heavy atom. The van der Waals surface area contributed by atoms with Crippen molar-refractivity contribution in [2.45, 2.75) is 45.9 Å². The quantitative estimate of drug-likeness (QED) is 0.752. The molecule has 0 radical (unpaired) electrons. The predicted molar refractivity (Wildman–Crippen MR) is 72.0 cm³/mol. The van der Waals surface area contributed by atoms with Gasteiger partial charge in [-0.15, -0.1) is 0 Å². The van der Waals surface area contributed by atoms with Crippen LogP contribution in [-0.2, 0) is 33.8 Å². The van der Waals surface area contributed by atoms with Crippen LogP contribution in [0.2, 0.25) is 0 Å². The Morgan fingerprint density at radius 2 is 2.45 bits per heavy atom. The van der Waals surface area contributed by atoms with Gasteiger partial charge in [0.05, 0.1) is 25.2 Å². The molecule has 2 rings (SSSR count). The second-order valence-electron chi connectivity index (χ2n) is 5.07. The van der Waals surface area contributed by atoms with Crippen LogP contribution in [0.5, 0.6) is 0 Å². The molecule has 0 spiro atoms. The Labute approximate surface area is 118 Å². The molecule has 2 atom stereocenters. The van der Waals surface area contributed by atoms with Gasteiger partial charge < -0.3 is 19.1 Å². The van der Waals surface area contributed by atoms with Gasteiger partial charge in [-0.3, -0.25) is 4.79 Å². The van der Waals surface area contributed by atoms with E-state index in [9.17, 15) is 9.90 Å². The van der Waals surface area contributed by atoms with Crippen LogP contribution in [0.4, 0.5) is 0 Å². The van der Waals surface area contributed by atoms with E-state index in [-0.39, 0.29) is 24.6 Å². The maximum Gasteiger partial charge on any atom is 0.309 e. The fourth-order valence-electron chi connectivity index (χ4n) is 2.28. The van der Waals surface area contributed by atoms with Crippen molar-refractivity contribution in [3.63, 3.8) is 0 Å². The van der Waals surface area contributed by atoms with Crippen LogP contribution in [0.25, 0.3) is 0 Å². The average molecular weight is 282 g/mol. The lowest BCUT2D eigenvalue weighted by Crippen LogP contribution is -2.32. The number of hydrogen-bond acceptors (Lipinski definition) is 5. The van der Waals surface area contributed by atoms with Gasteiger partial charge in [-0.1, -0.05) is 6.92 Å². The van der Waals surface area contributed by atoms with Crippen LogP contribution >= 0.6 is 0 Å². The van der Waals surface area contributed by atoms with Gasteiger partial charge in [0, 0.05) is 24.9 Å². The summed E-state index contributed by atoms with van der Waals surface area (Å²) in [5, 5.41) is 9.35. The number of rotatable bonds is 7. The number of ether oxygens (including phenoxy) is 2. The summed E-state index contributed by atoms with van der Waals surface area (Å²) in [5.74, 6) is 0.191. The highest BCUT2D eigenvalue weighted by Crippen LogP contribution is 2.18. The third-order valence-electron chi connectivity index (χ3n) is 3.55. The topological polar surface area (TPSA) is 73.6 Å². The average Bonchev–Trinajstić information content (AvgIpc) is 2.76. The lowest BCUT2D eigenvalue weighted by atomic mass is 10.1. The molecule has 0 amide bonds. The van der Waals surface area contributed by atoms with E-state index in [0.29, 0.717) is 25.4 Å². The van der Waals surface area contributed by atoms with E-state index in [1.165, 1.54) is 0 Å². The van der Waals surface area contributed by atoms with Crippen molar-refractivity contribution in [1.82, 2.24) is 9.55 Å². The molecule has 0 aromatic carbocycles.